The molecule has 3 N–H and O–H groups in total. The largest absolute Gasteiger partial charge is 0.481 e. The zero-order valence-electron chi connectivity index (χ0n) is 11.8. The predicted molar refractivity (Wildman–Crippen MR) is 71.3 cm³/mol. The van der Waals surface area contributed by atoms with Crippen LogP contribution in [0.25, 0.3) is 0 Å². The zero-order chi connectivity index (χ0) is 15.3. The molecule has 0 aliphatic carbocycles. The second-order valence-electron chi connectivity index (χ2n) is 5.51. The third-order valence-electron chi connectivity index (χ3n) is 3.74. The number of nitrogens with zero attached hydrogens (tertiary/aromatic N) is 1. The topological polar surface area (TPSA) is 107 Å². The van der Waals surface area contributed by atoms with E-state index < -0.39 is 30.4 Å². The van der Waals surface area contributed by atoms with Crippen molar-refractivity contribution in [3.05, 3.63) is 0 Å². The first kappa shape index (κ1) is 16.3. The lowest BCUT2D eigenvalue weighted by atomic mass is 9.87. The van der Waals surface area contributed by atoms with Crippen molar-refractivity contribution >= 4 is 18.0 Å². The second kappa shape index (κ2) is 7.12. The lowest BCUT2D eigenvalue weighted by Gasteiger charge is -2.34. The monoisotopic (exact) mass is 286 g/mol. The highest BCUT2D eigenvalue weighted by atomic mass is 16.4. The maximum absolute atomic E-state index is 11.9. The number of likely N-dealkylation sites (tertiary alicyclic amines) is 1. The van der Waals surface area contributed by atoms with Crippen molar-refractivity contribution in [2.45, 2.75) is 39.2 Å². The SMILES string of the molecule is CC(C)C1CCN(C(=O)N[C@H](CC(=O)O)C(=O)O)CC1. The van der Waals surface area contributed by atoms with Gasteiger partial charge in [0, 0.05) is 13.1 Å². The Morgan fingerprint density at radius 3 is 2.15 bits per heavy atom. The average molecular weight is 286 g/mol. The molecule has 0 bridgehead atoms. The van der Waals surface area contributed by atoms with Crippen molar-refractivity contribution in [1.29, 1.82) is 0 Å². The Bertz CT molecular complexity index is 375. The molecule has 1 rings (SSSR count). The van der Waals surface area contributed by atoms with Gasteiger partial charge in [0.2, 0.25) is 0 Å². The fraction of sp³-hybridized carbons (Fsp3) is 0.769. The Balaban J connectivity index is 2.50. The van der Waals surface area contributed by atoms with E-state index >= 15 is 0 Å². The van der Waals surface area contributed by atoms with Crippen LogP contribution in [0.4, 0.5) is 4.79 Å². The van der Waals surface area contributed by atoms with E-state index in [0.29, 0.717) is 24.9 Å². The molecule has 2 amide bonds. The van der Waals surface area contributed by atoms with Crippen molar-refractivity contribution in [2.24, 2.45) is 11.8 Å². The number of nitrogens with one attached hydrogen (secondary N) is 1. The fourth-order valence-corrected chi connectivity index (χ4v) is 2.38. The van der Waals surface area contributed by atoms with Crippen LogP contribution in [0.2, 0.25) is 0 Å². The van der Waals surface area contributed by atoms with Gasteiger partial charge in [0.05, 0.1) is 6.42 Å². The molecule has 7 heteroatoms. The smallest absolute Gasteiger partial charge is 0.326 e. The molecule has 1 aliphatic heterocycles. The first-order chi connectivity index (χ1) is 9.31. The standard InChI is InChI=1S/C13H22N2O5/c1-8(2)9-3-5-15(6-4-9)13(20)14-10(12(18)19)7-11(16)17/h8-10H,3-7H2,1-2H3,(H,14,20)(H,16,17)(H,18,19)/t10-/m1/s1. The highest BCUT2D eigenvalue weighted by Crippen LogP contribution is 2.24. The second-order valence-corrected chi connectivity index (χ2v) is 5.51. The van der Waals surface area contributed by atoms with Crippen LogP contribution in [-0.2, 0) is 9.59 Å². The minimum Gasteiger partial charge on any atom is -0.481 e. The van der Waals surface area contributed by atoms with E-state index in [9.17, 15) is 14.4 Å². The van der Waals surface area contributed by atoms with E-state index in [-0.39, 0.29) is 0 Å². The number of carbonyl (C=O) groups excluding carboxylic acids is 1. The molecular weight excluding hydrogens is 264 g/mol. The number of hydrogen-bond acceptors (Lipinski definition) is 3. The van der Waals surface area contributed by atoms with Gasteiger partial charge in [-0.25, -0.2) is 9.59 Å². The number of rotatable bonds is 5. The molecule has 1 atom stereocenters. The summed E-state index contributed by atoms with van der Waals surface area (Å²) in [5, 5.41) is 19.8. The third kappa shape index (κ3) is 4.71. The van der Waals surface area contributed by atoms with E-state index in [0.717, 1.165) is 12.8 Å². The van der Waals surface area contributed by atoms with Gasteiger partial charge in [0.1, 0.15) is 6.04 Å². The summed E-state index contributed by atoms with van der Waals surface area (Å²) in [6.45, 7) is 5.45. The van der Waals surface area contributed by atoms with Gasteiger partial charge in [0.25, 0.3) is 0 Å². The Hall–Kier alpha value is -1.79. The van der Waals surface area contributed by atoms with Gasteiger partial charge < -0.3 is 20.4 Å². The molecule has 0 saturated carbocycles. The molecule has 1 saturated heterocycles. The molecule has 0 aromatic heterocycles. The van der Waals surface area contributed by atoms with Crippen LogP contribution in [-0.4, -0.2) is 52.2 Å². The first-order valence-electron chi connectivity index (χ1n) is 6.81. The van der Waals surface area contributed by atoms with E-state index in [4.69, 9.17) is 10.2 Å². The van der Waals surface area contributed by atoms with Crippen molar-refractivity contribution in [2.75, 3.05) is 13.1 Å². The van der Waals surface area contributed by atoms with Crippen LogP contribution in [0, 0.1) is 11.8 Å². The first-order valence-corrected chi connectivity index (χ1v) is 6.81. The van der Waals surface area contributed by atoms with Crippen molar-refractivity contribution in [3.8, 4) is 0 Å². The average Bonchev–Trinajstić information content (AvgIpc) is 2.37. The molecule has 1 aliphatic rings. The number of hydrogen-bond donors (Lipinski definition) is 3. The van der Waals surface area contributed by atoms with Crippen LogP contribution < -0.4 is 5.32 Å². The van der Waals surface area contributed by atoms with E-state index in [1.54, 1.807) is 4.90 Å². The van der Waals surface area contributed by atoms with Crippen LogP contribution in [0.5, 0.6) is 0 Å². The lowest BCUT2D eigenvalue weighted by Crippen LogP contribution is -2.51. The number of amides is 2. The summed E-state index contributed by atoms with van der Waals surface area (Å²) < 4.78 is 0. The van der Waals surface area contributed by atoms with Gasteiger partial charge in [-0.05, 0) is 24.7 Å². The van der Waals surface area contributed by atoms with Gasteiger partial charge in [0.15, 0.2) is 0 Å². The third-order valence-corrected chi connectivity index (χ3v) is 3.74. The van der Waals surface area contributed by atoms with Crippen molar-refractivity contribution in [3.63, 3.8) is 0 Å². The zero-order valence-corrected chi connectivity index (χ0v) is 11.8. The summed E-state index contributed by atoms with van der Waals surface area (Å²) in [5.74, 6) is -1.44. The maximum atomic E-state index is 11.9. The Morgan fingerprint density at radius 1 is 1.20 bits per heavy atom. The van der Waals surface area contributed by atoms with Gasteiger partial charge >= 0.3 is 18.0 Å². The molecular formula is C13H22N2O5. The molecule has 20 heavy (non-hydrogen) atoms. The lowest BCUT2D eigenvalue weighted by molar-refractivity contribution is -0.145. The molecule has 0 spiro atoms. The summed E-state index contributed by atoms with van der Waals surface area (Å²) >= 11 is 0. The predicted octanol–water partition coefficient (Wildman–Crippen LogP) is 0.992. The molecule has 0 radical (unpaired) electrons. The highest BCUT2D eigenvalue weighted by molar-refractivity contribution is 5.86. The summed E-state index contributed by atoms with van der Waals surface area (Å²) in [6.07, 6.45) is 1.16. The molecule has 114 valence electrons. The van der Waals surface area contributed by atoms with E-state index in [2.05, 4.69) is 19.2 Å². The van der Waals surface area contributed by atoms with Crippen molar-refractivity contribution < 1.29 is 24.6 Å². The van der Waals surface area contributed by atoms with Crippen LogP contribution in [0.3, 0.4) is 0 Å². The molecule has 1 fully saturated rings. The fourth-order valence-electron chi connectivity index (χ4n) is 2.38. The van der Waals surface area contributed by atoms with Crippen LogP contribution in [0.1, 0.15) is 33.1 Å². The Morgan fingerprint density at radius 2 is 1.75 bits per heavy atom. The number of carboxylic acids is 2. The Kier molecular flexibility index (Phi) is 5.79. The van der Waals surface area contributed by atoms with Gasteiger partial charge in [-0.1, -0.05) is 13.8 Å². The summed E-state index contributed by atoms with van der Waals surface area (Å²) in [5.41, 5.74) is 0. The van der Waals surface area contributed by atoms with E-state index in [1.165, 1.54) is 0 Å². The van der Waals surface area contributed by atoms with Crippen LogP contribution in [0.15, 0.2) is 0 Å². The number of aliphatic carboxylic acids is 2. The molecule has 0 aromatic carbocycles. The number of piperidine rings is 1. The minimum absolute atomic E-state index is 0.499. The van der Waals surface area contributed by atoms with Gasteiger partial charge in [-0.15, -0.1) is 0 Å². The maximum Gasteiger partial charge on any atom is 0.326 e. The van der Waals surface area contributed by atoms with Crippen molar-refractivity contribution in [1.82, 2.24) is 10.2 Å². The molecule has 0 aromatic rings. The van der Waals surface area contributed by atoms with E-state index in [1.807, 2.05) is 0 Å². The Labute approximate surface area is 117 Å². The number of urea groups is 1. The quantitative estimate of drug-likeness (QED) is 0.698. The van der Waals surface area contributed by atoms with Gasteiger partial charge in [-0.3, -0.25) is 4.79 Å². The van der Waals surface area contributed by atoms with Gasteiger partial charge in [-0.2, -0.15) is 0 Å². The minimum atomic E-state index is -1.39. The molecule has 0 unspecified atom stereocenters. The normalized spacial score (nSPS) is 17.9. The molecule has 1 heterocycles. The number of carbonyl (C=O) groups is 3. The summed E-state index contributed by atoms with van der Waals surface area (Å²) in [6, 6.07) is -1.89. The number of carboxylic acid groups (broad SMARTS) is 2. The summed E-state index contributed by atoms with van der Waals surface area (Å²) in [4.78, 5) is 34.9. The van der Waals surface area contributed by atoms with Crippen LogP contribution >= 0.6 is 0 Å². The molecule has 7 nitrogen and oxygen atoms in total. The highest BCUT2D eigenvalue weighted by Gasteiger charge is 2.28. The summed E-state index contributed by atoms with van der Waals surface area (Å²) in [7, 11) is 0.